The second-order valence-corrected chi connectivity index (χ2v) is 4.01. The van der Waals surface area contributed by atoms with Crippen LogP contribution in [0.3, 0.4) is 0 Å². The van der Waals surface area contributed by atoms with E-state index in [1.807, 2.05) is 0 Å². The van der Waals surface area contributed by atoms with Crippen LogP contribution in [0.1, 0.15) is 28.9 Å². The molecule has 0 saturated carbocycles. The van der Waals surface area contributed by atoms with Crippen LogP contribution in [0.25, 0.3) is 0 Å². The van der Waals surface area contributed by atoms with E-state index >= 15 is 0 Å². The van der Waals surface area contributed by atoms with Crippen LogP contribution in [0.15, 0.2) is 24.3 Å². The van der Waals surface area contributed by atoms with Gasteiger partial charge in [0.05, 0.1) is 0 Å². The van der Waals surface area contributed by atoms with Crippen LogP contribution in [-0.4, -0.2) is 36.3 Å². The van der Waals surface area contributed by atoms with Crippen molar-refractivity contribution >= 4 is 11.6 Å². The smallest absolute Gasteiger partial charge is 0.221 e. The van der Waals surface area contributed by atoms with Gasteiger partial charge < -0.3 is 20.5 Å². The normalized spacial score (nSPS) is 18.3. The maximum Gasteiger partial charge on any atom is 0.221 e. The first kappa shape index (κ1) is 8.55. The fraction of sp³-hybridized carbons (Fsp3) is 0.500. The van der Waals surface area contributed by atoms with Gasteiger partial charge in [-0.2, -0.15) is 0 Å². The third-order valence-electron chi connectivity index (χ3n) is 2.17. The van der Waals surface area contributed by atoms with Gasteiger partial charge >= 0.3 is 0 Å². The van der Waals surface area contributed by atoms with Gasteiger partial charge in [0.25, 0.3) is 0 Å². The molecule has 0 aliphatic rings. The van der Waals surface area contributed by atoms with Gasteiger partial charge in [0.15, 0.2) is 0 Å². The fourth-order valence-electron chi connectivity index (χ4n) is 1.34. The monoisotopic (exact) mass is 272 g/mol. The predicted octanol–water partition coefficient (Wildman–Crippen LogP) is 1.38. The van der Waals surface area contributed by atoms with E-state index in [2.05, 4.69) is 10.6 Å². The number of aliphatic hydroxyl groups excluding tert-OH is 1. The summed E-state index contributed by atoms with van der Waals surface area (Å²) in [4.78, 5) is 10.9. The molecule has 106 valence electrons. The molecule has 1 aromatic rings. The van der Waals surface area contributed by atoms with E-state index in [4.69, 9.17) is 13.0 Å². The van der Waals surface area contributed by atoms with Crippen LogP contribution >= 0.6 is 0 Å². The molecule has 19 heavy (non-hydrogen) atoms. The predicted molar refractivity (Wildman–Crippen MR) is 75.4 cm³/mol. The molecule has 0 radical (unpaired) electrons. The summed E-state index contributed by atoms with van der Waals surface area (Å²) in [6.45, 7) is -4.44. The first-order valence-electron chi connectivity index (χ1n) is 8.81. The minimum atomic E-state index is -2.72. The molecule has 0 aliphatic carbocycles. The molecular formula is C14H22N2O3. The molecule has 1 atom stereocenters. The lowest BCUT2D eigenvalue weighted by Gasteiger charge is -2.15. The van der Waals surface area contributed by atoms with Crippen LogP contribution in [0.5, 0.6) is 5.75 Å². The number of anilines is 1. The van der Waals surface area contributed by atoms with E-state index in [9.17, 15) is 9.90 Å². The van der Waals surface area contributed by atoms with Crippen LogP contribution < -0.4 is 15.4 Å². The van der Waals surface area contributed by atoms with Gasteiger partial charge in [-0.15, -0.1) is 0 Å². The van der Waals surface area contributed by atoms with Crippen LogP contribution in [0.2, 0.25) is 0 Å². The Morgan fingerprint density at radius 3 is 2.68 bits per heavy atom. The third kappa shape index (κ3) is 6.79. The first-order chi connectivity index (χ1) is 11.4. The van der Waals surface area contributed by atoms with E-state index in [1.165, 1.54) is 6.92 Å². The van der Waals surface area contributed by atoms with Crippen molar-refractivity contribution in [3.8, 4) is 5.75 Å². The van der Waals surface area contributed by atoms with Crippen molar-refractivity contribution in [3.63, 3.8) is 0 Å². The van der Waals surface area contributed by atoms with Crippen molar-refractivity contribution in [1.82, 2.24) is 5.32 Å². The fourth-order valence-corrected chi connectivity index (χ4v) is 1.34. The molecular weight excluding hydrogens is 244 g/mol. The molecule has 1 aromatic carbocycles. The molecule has 0 heterocycles. The molecule has 1 unspecified atom stereocenters. The summed E-state index contributed by atoms with van der Waals surface area (Å²) < 4.78 is 48.9. The Kier molecular flexibility index (Phi) is 3.49. The number of benzene rings is 1. The van der Waals surface area contributed by atoms with Crippen LogP contribution in [-0.2, 0) is 4.79 Å². The Hall–Kier alpha value is -1.59. The molecule has 3 N–H and O–H groups in total. The molecule has 0 aromatic heterocycles. The zero-order valence-electron chi connectivity index (χ0n) is 16.6. The van der Waals surface area contributed by atoms with Gasteiger partial charge in [0.2, 0.25) is 5.91 Å². The maximum absolute atomic E-state index is 10.9. The lowest BCUT2D eigenvalue weighted by atomic mass is 10.3. The highest BCUT2D eigenvalue weighted by molar-refractivity contribution is 5.88. The number of carbonyl (C=O) groups excluding carboxylic acids is 1. The lowest BCUT2D eigenvalue weighted by molar-refractivity contribution is -0.114. The number of carbonyl (C=O) groups is 1. The number of amides is 1. The summed E-state index contributed by atoms with van der Waals surface area (Å²) in [5.41, 5.74) is 0.597. The third-order valence-corrected chi connectivity index (χ3v) is 2.17. The molecule has 0 aliphatic heterocycles. The minimum absolute atomic E-state index is 0.152. The summed E-state index contributed by atoms with van der Waals surface area (Å²) in [7, 11) is 0. The van der Waals surface area contributed by atoms with E-state index < -0.39 is 25.8 Å². The van der Waals surface area contributed by atoms with E-state index in [1.54, 1.807) is 24.3 Å². The van der Waals surface area contributed by atoms with Crippen molar-refractivity contribution in [2.45, 2.75) is 32.8 Å². The number of ether oxygens (including phenoxy) is 1. The van der Waals surface area contributed by atoms with Crippen molar-refractivity contribution in [1.29, 1.82) is 0 Å². The topological polar surface area (TPSA) is 70.6 Å². The molecule has 0 saturated heterocycles. The highest BCUT2D eigenvalue weighted by atomic mass is 16.5. The van der Waals surface area contributed by atoms with E-state index in [0.717, 1.165) is 0 Å². The van der Waals surface area contributed by atoms with Crippen molar-refractivity contribution in [3.05, 3.63) is 24.3 Å². The standard InChI is InChI=1S/C14H22N2O3/c1-10(2)15-8-13(18)9-19-14-6-4-12(5-7-14)16-11(3)17/h4-7,10,13,15,18H,8-9H2,1-3H3,(H,16,17)/i1D3,2D3. The molecule has 5 heteroatoms. The quantitative estimate of drug-likeness (QED) is 0.701. The summed E-state index contributed by atoms with van der Waals surface area (Å²) in [5, 5.41) is 14.8. The minimum Gasteiger partial charge on any atom is -0.491 e. The number of hydrogen-bond donors (Lipinski definition) is 3. The van der Waals surface area contributed by atoms with Gasteiger partial charge in [-0.1, -0.05) is 13.7 Å². The molecule has 1 rings (SSSR count). The Balaban J connectivity index is 2.49. The van der Waals surface area contributed by atoms with Crippen molar-refractivity contribution < 1.29 is 22.9 Å². The van der Waals surface area contributed by atoms with Gasteiger partial charge in [0, 0.05) is 33.4 Å². The number of hydrogen-bond acceptors (Lipinski definition) is 4. The zero-order chi connectivity index (χ0) is 19.3. The van der Waals surface area contributed by atoms with Crippen LogP contribution in [0, 0.1) is 0 Å². The van der Waals surface area contributed by atoms with Crippen molar-refractivity contribution in [2.24, 2.45) is 0 Å². The zero-order valence-corrected chi connectivity index (χ0v) is 10.6. The maximum atomic E-state index is 10.9. The average molecular weight is 272 g/mol. The SMILES string of the molecule is [2H]C([2H])([2H])C(NCC(O)COc1ccc(NC(C)=O)cc1)C([2H])([2H])[2H]. The molecule has 0 bridgehead atoms. The Morgan fingerprint density at radius 2 is 2.11 bits per heavy atom. The molecule has 5 nitrogen and oxygen atoms in total. The van der Waals surface area contributed by atoms with Crippen molar-refractivity contribution in [2.75, 3.05) is 18.5 Å². The Morgan fingerprint density at radius 1 is 1.42 bits per heavy atom. The van der Waals surface area contributed by atoms with Gasteiger partial charge in [-0.3, -0.25) is 4.79 Å². The summed E-state index contributed by atoms with van der Waals surface area (Å²) in [6, 6.07) is 4.71. The Bertz CT molecular complexity index is 545. The second-order valence-electron chi connectivity index (χ2n) is 4.01. The highest BCUT2D eigenvalue weighted by Crippen LogP contribution is 2.15. The largest absolute Gasteiger partial charge is 0.491 e. The summed E-state index contributed by atoms with van der Waals surface area (Å²) >= 11 is 0. The molecule has 0 fully saturated rings. The lowest BCUT2D eigenvalue weighted by Crippen LogP contribution is -2.35. The summed E-state index contributed by atoms with van der Waals surface area (Å²) in [5.74, 6) is 0.240. The number of aliphatic hydroxyl groups is 1. The molecule has 0 spiro atoms. The average Bonchev–Trinajstić information content (AvgIpc) is 2.43. The van der Waals surface area contributed by atoms with E-state index in [0.29, 0.717) is 11.4 Å². The number of rotatable bonds is 7. The van der Waals surface area contributed by atoms with Gasteiger partial charge in [-0.05, 0) is 24.3 Å². The number of nitrogens with one attached hydrogen (secondary N) is 2. The van der Waals surface area contributed by atoms with Gasteiger partial charge in [0.1, 0.15) is 18.5 Å². The summed E-state index contributed by atoms with van der Waals surface area (Å²) in [6.07, 6.45) is -1.10. The van der Waals surface area contributed by atoms with E-state index in [-0.39, 0.29) is 19.1 Å². The van der Waals surface area contributed by atoms with Crippen LogP contribution in [0.4, 0.5) is 5.69 Å². The highest BCUT2D eigenvalue weighted by Gasteiger charge is 2.06. The van der Waals surface area contributed by atoms with Gasteiger partial charge in [-0.25, -0.2) is 0 Å². The Labute approximate surface area is 122 Å². The molecule has 1 amide bonds. The first-order valence-corrected chi connectivity index (χ1v) is 5.81. The second kappa shape index (κ2) is 7.76.